The molecule has 23 heavy (non-hydrogen) atoms. The molecular weight excluding hydrogens is 308 g/mol. The molecule has 0 aromatic heterocycles. The van der Waals surface area contributed by atoms with Crippen LogP contribution in [0.3, 0.4) is 0 Å². The fourth-order valence-electron chi connectivity index (χ4n) is 3.28. The molecule has 4 heteroatoms. The van der Waals surface area contributed by atoms with Crippen molar-refractivity contribution in [2.75, 3.05) is 0 Å². The van der Waals surface area contributed by atoms with Gasteiger partial charge in [-0.25, -0.2) is 0 Å². The minimum Gasteiger partial charge on any atom is -0.349 e. The van der Waals surface area contributed by atoms with Gasteiger partial charge in [-0.05, 0) is 36.1 Å². The normalized spacial score (nSPS) is 19.9. The van der Waals surface area contributed by atoms with Crippen LogP contribution in [0.5, 0.6) is 0 Å². The topological polar surface area (TPSA) is 55.1 Å². The predicted octanol–water partition coefficient (Wildman–Crippen LogP) is 3.63. The lowest BCUT2D eigenvalue weighted by molar-refractivity contribution is 0.0934. The van der Waals surface area contributed by atoms with Crippen LogP contribution in [0.1, 0.15) is 46.7 Å². The smallest absolute Gasteiger partial charge is 0.251 e. The highest BCUT2D eigenvalue weighted by atomic mass is 35.5. The van der Waals surface area contributed by atoms with E-state index in [2.05, 4.69) is 29.6 Å². The minimum absolute atomic E-state index is 0. The lowest BCUT2D eigenvalue weighted by Gasteiger charge is -2.21. The van der Waals surface area contributed by atoms with Gasteiger partial charge in [-0.2, -0.15) is 0 Å². The van der Waals surface area contributed by atoms with Crippen molar-refractivity contribution >= 4 is 18.3 Å². The molecule has 0 heterocycles. The van der Waals surface area contributed by atoms with E-state index in [-0.39, 0.29) is 24.4 Å². The molecule has 3 rings (SSSR count). The Morgan fingerprint density at radius 2 is 1.74 bits per heavy atom. The number of hydrogen-bond donors (Lipinski definition) is 2. The van der Waals surface area contributed by atoms with Gasteiger partial charge in [0.15, 0.2) is 0 Å². The molecule has 122 valence electrons. The third kappa shape index (κ3) is 4.12. The van der Waals surface area contributed by atoms with Gasteiger partial charge in [0.05, 0.1) is 0 Å². The number of amides is 1. The van der Waals surface area contributed by atoms with Crippen molar-refractivity contribution in [2.24, 2.45) is 5.73 Å². The van der Waals surface area contributed by atoms with Crippen molar-refractivity contribution in [1.29, 1.82) is 0 Å². The summed E-state index contributed by atoms with van der Waals surface area (Å²) in [6, 6.07) is 18.2. The van der Waals surface area contributed by atoms with Gasteiger partial charge in [-0.15, -0.1) is 12.4 Å². The van der Waals surface area contributed by atoms with Crippen molar-refractivity contribution in [2.45, 2.75) is 37.8 Å². The first kappa shape index (κ1) is 17.5. The van der Waals surface area contributed by atoms with E-state index < -0.39 is 0 Å². The van der Waals surface area contributed by atoms with E-state index in [9.17, 15) is 4.79 Å². The summed E-state index contributed by atoms with van der Waals surface area (Å²) in [6.45, 7) is 0.501. The SMILES string of the molecule is Cl.NCc1ccc(C(=O)NC2CCCC2c2ccccc2)cc1. The Morgan fingerprint density at radius 1 is 1.04 bits per heavy atom. The lowest BCUT2D eigenvalue weighted by Crippen LogP contribution is -2.36. The molecule has 3 nitrogen and oxygen atoms in total. The molecule has 2 aromatic rings. The van der Waals surface area contributed by atoms with Gasteiger partial charge in [0.25, 0.3) is 5.91 Å². The van der Waals surface area contributed by atoms with Crippen LogP contribution in [-0.2, 0) is 6.54 Å². The maximum Gasteiger partial charge on any atom is 0.251 e. The van der Waals surface area contributed by atoms with Crippen LogP contribution in [0.2, 0.25) is 0 Å². The van der Waals surface area contributed by atoms with Crippen LogP contribution in [-0.4, -0.2) is 11.9 Å². The molecule has 0 aliphatic heterocycles. The Labute approximate surface area is 143 Å². The van der Waals surface area contributed by atoms with Gasteiger partial charge in [0.1, 0.15) is 0 Å². The summed E-state index contributed by atoms with van der Waals surface area (Å²) in [7, 11) is 0. The second kappa shape index (κ2) is 8.14. The minimum atomic E-state index is 0. The zero-order valence-corrected chi connectivity index (χ0v) is 13.9. The first-order chi connectivity index (χ1) is 10.8. The highest BCUT2D eigenvalue weighted by Gasteiger charge is 2.29. The van der Waals surface area contributed by atoms with Gasteiger partial charge in [0.2, 0.25) is 0 Å². The van der Waals surface area contributed by atoms with E-state index in [4.69, 9.17) is 5.73 Å². The van der Waals surface area contributed by atoms with Crippen molar-refractivity contribution in [3.05, 3.63) is 71.3 Å². The molecular formula is C19H23ClN2O. The first-order valence-corrected chi connectivity index (χ1v) is 7.93. The maximum atomic E-state index is 12.4. The molecule has 0 radical (unpaired) electrons. The summed E-state index contributed by atoms with van der Waals surface area (Å²) in [5.41, 5.74) is 8.66. The van der Waals surface area contributed by atoms with Crippen LogP contribution in [0, 0.1) is 0 Å². The second-order valence-electron chi connectivity index (χ2n) is 5.93. The molecule has 1 aliphatic rings. The average molecular weight is 331 g/mol. The van der Waals surface area contributed by atoms with E-state index in [1.807, 2.05) is 30.3 Å². The largest absolute Gasteiger partial charge is 0.349 e. The molecule has 1 fully saturated rings. The fourth-order valence-corrected chi connectivity index (χ4v) is 3.28. The zero-order valence-electron chi connectivity index (χ0n) is 13.1. The maximum absolute atomic E-state index is 12.4. The summed E-state index contributed by atoms with van der Waals surface area (Å²) in [6.07, 6.45) is 3.35. The van der Waals surface area contributed by atoms with E-state index in [0.717, 1.165) is 24.8 Å². The zero-order chi connectivity index (χ0) is 15.4. The summed E-state index contributed by atoms with van der Waals surface area (Å²) >= 11 is 0. The summed E-state index contributed by atoms with van der Waals surface area (Å²) in [5, 5.41) is 3.21. The summed E-state index contributed by atoms with van der Waals surface area (Å²) in [4.78, 5) is 12.4. The molecule has 1 aliphatic carbocycles. The number of carbonyl (C=O) groups excluding carboxylic acids is 1. The van der Waals surface area contributed by atoms with E-state index >= 15 is 0 Å². The van der Waals surface area contributed by atoms with Crippen LogP contribution in [0.4, 0.5) is 0 Å². The summed E-state index contributed by atoms with van der Waals surface area (Å²) in [5.74, 6) is 0.435. The van der Waals surface area contributed by atoms with Gasteiger partial charge in [0, 0.05) is 24.1 Å². The molecule has 2 atom stereocenters. The Kier molecular flexibility index (Phi) is 6.20. The number of nitrogens with two attached hydrogens (primary N) is 1. The Morgan fingerprint density at radius 3 is 2.39 bits per heavy atom. The number of benzene rings is 2. The number of halogens is 1. The first-order valence-electron chi connectivity index (χ1n) is 7.93. The molecule has 3 N–H and O–H groups in total. The fraction of sp³-hybridized carbons (Fsp3) is 0.316. The molecule has 0 bridgehead atoms. The van der Waals surface area contributed by atoms with Crippen molar-refractivity contribution in [3.63, 3.8) is 0 Å². The quantitative estimate of drug-likeness (QED) is 0.899. The molecule has 1 saturated carbocycles. The van der Waals surface area contributed by atoms with Crippen molar-refractivity contribution in [1.82, 2.24) is 5.32 Å². The third-order valence-corrected chi connectivity index (χ3v) is 4.51. The Balaban J connectivity index is 0.00000192. The standard InChI is InChI=1S/C19H22N2O.ClH/c20-13-14-9-11-16(12-10-14)19(22)21-18-8-4-7-17(18)15-5-2-1-3-6-15;/h1-3,5-6,9-12,17-18H,4,7-8,13,20H2,(H,21,22);1H. The molecule has 0 spiro atoms. The van der Waals surface area contributed by atoms with Crippen LogP contribution < -0.4 is 11.1 Å². The molecule has 0 saturated heterocycles. The number of nitrogens with one attached hydrogen (secondary N) is 1. The van der Waals surface area contributed by atoms with Crippen molar-refractivity contribution < 1.29 is 4.79 Å². The number of carbonyl (C=O) groups is 1. The van der Waals surface area contributed by atoms with E-state index in [0.29, 0.717) is 18.0 Å². The van der Waals surface area contributed by atoms with Crippen LogP contribution >= 0.6 is 12.4 Å². The van der Waals surface area contributed by atoms with Crippen molar-refractivity contribution in [3.8, 4) is 0 Å². The van der Waals surface area contributed by atoms with Gasteiger partial charge < -0.3 is 11.1 Å². The number of rotatable bonds is 4. The lowest BCUT2D eigenvalue weighted by atomic mass is 9.94. The molecule has 1 amide bonds. The number of hydrogen-bond acceptors (Lipinski definition) is 2. The average Bonchev–Trinajstić information content (AvgIpc) is 3.04. The third-order valence-electron chi connectivity index (χ3n) is 4.51. The van der Waals surface area contributed by atoms with Crippen LogP contribution in [0.15, 0.2) is 54.6 Å². The van der Waals surface area contributed by atoms with Gasteiger partial charge >= 0.3 is 0 Å². The van der Waals surface area contributed by atoms with E-state index in [1.165, 1.54) is 5.56 Å². The Bertz CT molecular complexity index is 628. The molecule has 2 unspecified atom stereocenters. The molecule has 2 aromatic carbocycles. The van der Waals surface area contributed by atoms with Gasteiger partial charge in [-0.1, -0.05) is 48.9 Å². The van der Waals surface area contributed by atoms with E-state index in [1.54, 1.807) is 0 Å². The predicted molar refractivity (Wildman–Crippen MR) is 95.9 cm³/mol. The highest BCUT2D eigenvalue weighted by Crippen LogP contribution is 2.34. The summed E-state index contributed by atoms with van der Waals surface area (Å²) < 4.78 is 0. The Hall–Kier alpha value is -1.84. The monoisotopic (exact) mass is 330 g/mol. The highest BCUT2D eigenvalue weighted by molar-refractivity contribution is 5.94. The second-order valence-corrected chi connectivity index (χ2v) is 5.93. The van der Waals surface area contributed by atoms with Gasteiger partial charge in [-0.3, -0.25) is 4.79 Å². The van der Waals surface area contributed by atoms with Crippen LogP contribution in [0.25, 0.3) is 0 Å².